The minimum atomic E-state index is 0.406. The molecule has 0 radical (unpaired) electrons. The summed E-state index contributed by atoms with van der Waals surface area (Å²) in [4.78, 5) is 6.73. The van der Waals surface area contributed by atoms with Gasteiger partial charge in [0.15, 0.2) is 0 Å². The van der Waals surface area contributed by atoms with Crippen molar-refractivity contribution in [1.29, 1.82) is 5.26 Å². The van der Waals surface area contributed by atoms with Crippen molar-refractivity contribution in [3.05, 3.63) is 17.7 Å². The van der Waals surface area contributed by atoms with Crippen LogP contribution in [0.3, 0.4) is 0 Å². The lowest BCUT2D eigenvalue weighted by atomic mass is 10.3. The smallest absolute Gasteiger partial charge is 0.210 e. The van der Waals surface area contributed by atoms with Crippen LogP contribution >= 0.6 is 0 Å². The summed E-state index contributed by atoms with van der Waals surface area (Å²) in [6, 6.07) is 1.94. The molecule has 1 aromatic heterocycles. The lowest BCUT2D eigenvalue weighted by molar-refractivity contribution is 0.891. The van der Waals surface area contributed by atoms with Gasteiger partial charge in [-0.2, -0.15) is 5.26 Å². The van der Waals surface area contributed by atoms with E-state index in [0.29, 0.717) is 5.82 Å². The van der Waals surface area contributed by atoms with Gasteiger partial charge < -0.3 is 4.98 Å². The van der Waals surface area contributed by atoms with E-state index in [1.54, 1.807) is 6.20 Å². The monoisotopic (exact) mass is 135 g/mol. The highest BCUT2D eigenvalue weighted by molar-refractivity contribution is 5.13. The first-order valence-electron chi connectivity index (χ1n) is 3.30. The first-order valence-corrected chi connectivity index (χ1v) is 3.30. The number of hydrogen-bond acceptors (Lipinski definition) is 2. The summed E-state index contributed by atoms with van der Waals surface area (Å²) in [7, 11) is 0. The second-order valence-electron chi connectivity index (χ2n) is 2.12. The number of aromatic nitrogens is 2. The first-order chi connectivity index (χ1) is 4.86. The molecule has 0 aliphatic heterocycles. The van der Waals surface area contributed by atoms with Crippen LogP contribution in [0, 0.1) is 11.3 Å². The number of aromatic amines is 1. The Labute approximate surface area is 59.7 Å². The molecule has 3 nitrogen and oxygen atoms in total. The van der Waals surface area contributed by atoms with Gasteiger partial charge in [0, 0.05) is 11.9 Å². The van der Waals surface area contributed by atoms with Gasteiger partial charge in [0.05, 0.1) is 0 Å². The van der Waals surface area contributed by atoms with E-state index < -0.39 is 0 Å². The quantitative estimate of drug-likeness (QED) is 0.663. The Morgan fingerprint density at radius 2 is 2.60 bits per heavy atom. The van der Waals surface area contributed by atoms with E-state index in [2.05, 4.69) is 16.9 Å². The predicted molar refractivity (Wildman–Crippen MR) is 37.3 cm³/mol. The zero-order valence-corrected chi connectivity index (χ0v) is 5.89. The highest BCUT2D eigenvalue weighted by Crippen LogP contribution is 1.98. The third kappa shape index (κ3) is 1.35. The molecular weight excluding hydrogens is 126 g/mol. The summed E-state index contributed by atoms with van der Waals surface area (Å²) in [5.74, 6) is 0.406. The molecule has 0 atom stereocenters. The molecular formula is C7H9N3. The molecule has 0 amide bonds. The Morgan fingerprint density at radius 1 is 1.80 bits per heavy atom. The number of nitrogens with zero attached hydrogens (tertiary/aromatic N) is 2. The van der Waals surface area contributed by atoms with Crippen LogP contribution in [0.5, 0.6) is 0 Å². The second-order valence-corrected chi connectivity index (χ2v) is 2.12. The van der Waals surface area contributed by atoms with Gasteiger partial charge >= 0.3 is 0 Å². The summed E-state index contributed by atoms with van der Waals surface area (Å²) in [6.07, 6.45) is 3.75. The van der Waals surface area contributed by atoms with Crippen LogP contribution in [0.25, 0.3) is 0 Å². The van der Waals surface area contributed by atoms with Gasteiger partial charge in [-0.3, -0.25) is 0 Å². The van der Waals surface area contributed by atoms with Crippen molar-refractivity contribution in [3.63, 3.8) is 0 Å². The van der Waals surface area contributed by atoms with E-state index in [0.717, 1.165) is 18.5 Å². The van der Waals surface area contributed by atoms with Crippen molar-refractivity contribution >= 4 is 0 Å². The highest BCUT2D eigenvalue weighted by atomic mass is 14.9. The van der Waals surface area contributed by atoms with Crippen LogP contribution in [-0.4, -0.2) is 9.97 Å². The maximum absolute atomic E-state index is 8.38. The molecule has 0 aliphatic carbocycles. The zero-order chi connectivity index (χ0) is 7.40. The summed E-state index contributed by atoms with van der Waals surface area (Å²) >= 11 is 0. The van der Waals surface area contributed by atoms with Gasteiger partial charge in [0.2, 0.25) is 5.82 Å². The lowest BCUT2D eigenvalue weighted by Gasteiger charge is -1.86. The SMILES string of the molecule is CCCc1cnc(C#N)[nH]1. The number of rotatable bonds is 2. The summed E-state index contributed by atoms with van der Waals surface area (Å²) in [5.41, 5.74) is 1.04. The highest BCUT2D eigenvalue weighted by Gasteiger charge is 1.95. The minimum absolute atomic E-state index is 0.406. The Bertz CT molecular complexity index is 244. The summed E-state index contributed by atoms with van der Waals surface area (Å²) in [6.45, 7) is 2.09. The third-order valence-corrected chi connectivity index (χ3v) is 1.25. The number of nitriles is 1. The van der Waals surface area contributed by atoms with E-state index >= 15 is 0 Å². The molecule has 0 spiro atoms. The summed E-state index contributed by atoms with van der Waals surface area (Å²) in [5, 5.41) is 8.38. The van der Waals surface area contributed by atoms with Gasteiger partial charge in [-0.1, -0.05) is 13.3 Å². The molecule has 10 heavy (non-hydrogen) atoms. The van der Waals surface area contributed by atoms with Crippen LogP contribution < -0.4 is 0 Å². The van der Waals surface area contributed by atoms with Crippen LogP contribution in [0.4, 0.5) is 0 Å². The van der Waals surface area contributed by atoms with Gasteiger partial charge in [-0.05, 0) is 6.42 Å². The van der Waals surface area contributed by atoms with Crippen molar-refractivity contribution in [1.82, 2.24) is 9.97 Å². The van der Waals surface area contributed by atoms with Crippen molar-refractivity contribution in [2.45, 2.75) is 19.8 Å². The Hall–Kier alpha value is -1.30. The fraction of sp³-hybridized carbons (Fsp3) is 0.429. The van der Waals surface area contributed by atoms with Crippen LogP contribution in [-0.2, 0) is 6.42 Å². The van der Waals surface area contributed by atoms with Crippen LogP contribution in [0.2, 0.25) is 0 Å². The third-order valence-electron chi connectivity index (χ3n) is 1.25. The molecule has 1 heterocycles. The van der Waals surface area contributed by atoms with Gasteiger partial charge in [-0.15, -0.1) is 0 Å². The van der Waals surface area contributed by atoms with Gasteiger partial charge in [0.1, 0.15) is 6.07 Å². The van der Waals surface area contributed by atoms with Crippen LogP contribution in [0.15, 0.2) is 6.20 Å². The number of nitrogens with one attached hydrogen (secondary N) is 1. The maximum Gasteiger partial charge on any atom is 0.210 e. The molecule has 0 bridgehead atoms. The number of aryl methyl sites for hydroxylation is 1. The van der Waals surface area contributed by atoms with Crippen molar-refractivity contribution < 1.29 is 0 Å². The molecule has 52 valence electrons. The van der Waals surface area contributed by atoms with Crippen molar-refractivity contribution in [2.24, 2.45) is 0 Å². The van der Waals surface area contributed by atoms with Gasteiger partial charge in [0.25, 0.3) is 0 Å². The molecule has 3 heteroatoms. The minimum Gasteiger partial charge on any atom is -0.333 e. The molecule has 1 rings (SSSR count). The van der Waals surface area contributed by atoms with Crippen LogP contribution in [0.1, 0.15) is 24.9 Å². The maximum atomic E-state index is 8.38. The van der Waals surface area contributed by atoms with Gasteiger partial charge in [-0.25, -0.2) is 4.98 Å². The fourth-order valence-corrected chi connectivity index (χ4v) is 0.812. The molecule has 1 N–H and O–H groups in total. The molecule has 0 aromatic carbocycles. The predicted octanol–water partition coefficient (Wildman–Crippen LogP) is 1.23. The Kier molecular flexibility index (Phi) is 2.06. The van der Waals surface area contributed by atoms with E-state index in [-0.39, 0.29) is 0 Å². The largest absolute Gasteiger partial charge is 0.333 e. The molecule has 1 aromatic rings. The first kappa shape index (κ1) is 6.81. The Morgan fingerprint density at radius 3 is 3.10 bits per heavy atom. The molecule has 0 saturated heterocycles. The van der Waals surface area contributed by atoms with Crippen molar-refractivity contribution in [3.8, 4) is 6.07 Å². The number of H-pyrrole nitrogens is 1. The standard InChI is InChI=1S/C7H9N3/c1-2-3-6-5-9-7(4-8)10-6/h5H,2-3H2,1H3,(H,9,10). The fourth-order valence-electron chi connectivity index (χ4n) is 0.812. The zero-order valence-electron chi connectivity index (χ0n) is 5.89. The normalized spacial score (nSPS) is 9.20. The van der Waals surface area contributed by atoms with E-state index in [1.165, 1.54) is 0 Å². The second kappa shape index (κ2) is 3.02. The molecule has 0 unspecified atom stereocenters. The average molecular weight is 135 g/mol. The topological polar surface area (TPSA) is 52.5 Å². The lowest BCUT2D eigenvalue weighted by Crippen LogP contribution is -1.81. The molecule has 0 aliphatic rings. The molecule has 0 saturated carbocycles. The van der Waals surface area contributed by atoms with E-state index in [4.69, 9.17) is 5.26 Å². The number of hydrogen-bond donors (Lipinski definition) is 1. The molecule has 0 fully saturated rings. The van der Waals surface area contributed by atoms with E-state index in [9.17, 15) is 0 Å². The van der Waals surface area contributed by atoms with E-state index in [1.807, 2.05) is 6.07 Å². The number of imidazole rings is 1. The Balaban J connectivity index is 2.71. The summed E-state index contributed by atoms with van der Waals surface area (Å²) < 4.78 is 0. The van der Waals surface area contributed by atoms with Crippen molar-refractivity contribution in [2.75, 3.05) is 0 Å². The average Bonchev–Trinajstić information content (AvgIpc) is 2.37.